The quantitative estimate of drug-likeness (QED) is 0.824. The second-order valence-corrected chi connectivity index (χ2v) is 3.89. The van der Waals surface area contributed by atoms with E-state index in [2.05, 4.69) is 20.3 Å². The third kappa shape index (κ3) is 1.75. The van der Waals surface area contributed by atoms with Gasteiger partial charge in [-0.2, -0.15) is 0 Å². The highest BCUT2D eigenvalue weighted by Crippen LogP contribution is 2.31. The number of hydrogen-bond donors (Lipinski definition) is 2. The van der Waals surface area contributed by atoms with Crippen LogP contribution < -0.4 is 10.6 Å². The average Bonchev–Trinajstić information content (AvgIpc) is 2.96. The maximum atomic E-state index is 12.0. The predicted molar refractivity (Wildman–Crippen MR) is 62.8 cm³/mol. The van der Waals surface area contributed by atoms with Crippen LogP contribution in [-0.4, -0.2) is 17.6 Å². The second-order valence-electron chi connectivity index (χ2n) is 3.89. The van der Waals surface area contributed by atoms with Gasteiger partial charge in [-0.3, -0.25) is 4.79 Å². The van der Waals surface area contributed by atoms with E-state index in [0.717, 1.165) is 11.3 Å². The molecule has 1 unspecified atom stereocenters. The Kier molecular flexibility index (Phi) is 2.29. The zero-order chi connectivity index (χ0) is 11.7. The minimum Gasteiger partial charge on any atom is -0.384 e. The average molecular weight is 229 g/mol. The van der Waals surface area contributed by atoms with E-state index in [-0.39, 0.29) is 11.8 Å². The normalized spacial score (nSPS) is 17.3. The Hall–Kier alpha value is -2.30. The second kappa shape index (κ2) is 3.93. The highest BCUT2D eigenvalue weighted by molar-refractivity contribution is 5.97. The van der Waals surface area contributed by atoms with Crippen molar-refractivity contribution >= 4 is 17.4 Å². The van der Waals surface area contributed by atoms with Crippen LogP contribution in [0.2, 0.25) is 0 Å². The Morgan fingerprint density at radius 1 is 1.41 bits per heavy atom. The van der Waals surface area contributed by atoms with Crippen LogP contribution in [0.25, 0.3) is 0 Å². The molecule has 0 fully saturated rings. The summed E-state index contributed by atoms with van der Waals surface area (Å²) in [6, 6.07) is 9.43. The summed E-state index contributed by atoms with van der Waals surface area (Å²) < 4.78 is 4.67. The molecule has 1 aromatic heterocycles. The number of aromatic nitrogens is 1. The van der Waals surface area contributed by atoms with E-state index in [1.54, 1.807) is 6.07 Å². The molecule has 0 spiro atoms. The molecule has 5 heteroatoms. The van der Waals surface area contributed by atoms with Crippen molar-refractivity contribution in [3.63, 3.8) is 0 Å². The van der Waals surface area contributed by atoms with Crippen molar-refractivity contribution in [1.82, 2.24) is 5.16 Å². The first-order valence-electron chi connectivity index (χ1n) is 5.38. The predicted octanol–water partition coefficient (Wildman–Crippen LogP) is 1.82. The molecule has 2 heterocycles. The van der Waals surface area contributed by atoms with E-state index in [9.17, 15) is 4.79 Å². The number of anilines is 2. The number of benzene rings is 1. The van der Waals surface area contributed by atoms with Crippen molar-refractivity contribution in [1.29, 1.82) is 0 Å². The van der Waals surface area contributed by atoms with Crippen LogP contribution >= 0.6 is 0 Å². The van der Waals surface area contributed by atoms with Crippen molar-refractivity contribution in [2.24, 2.45) is 0 Å². The number of fused-ring (bicyclic) bond motifs is 1. The fourth-order valence-corrected chi connectivity index (χ4v) is 2.01. The number of hydrogen-bond acceptors (Lipinski definition) is 4. The molecule has 0 aliphatic carbocycles. The first kappa shape index (κ1) is 9.89. The van der Waals surface area contributed by atoms with Crippen molar-refractivity contribution in [2.45, 2.75) is 5.92 Å². The monoisotopic (exact) mass is 229 g/mol. The molecule has 3 rings (SSSR count). The van der Waals surface area contributed by atoms with E-state index in [1.165, 1.54) is 6.26 Å². The summed E-state index contributed by atoms with van der Waals surface area (Å²) in [6.45, 7) is 0.614. The topological polar surface area (TPSA) is 67.2 Å². The Morgan fingerprint density at radius 2 is 2.29 bits per heavy atom. The number of para-hydroxylation sites is 1. The molecule has 1 aromatic carbocycles. The molecule has 86 valence electrons. The van der Waals surface area contributed by atoms with Gasteiger partial charge in [-0.05, 0) is 11.6 Å². The zero-order valence-electron chi connectivity index (χ0n) is 9.01. The van der Waals surface area contributed by atoms with Crippen molar-refractivity contribution in [2.75, 3.05) is 17.2 Å². The molecule has 0 bridgehead atoms. The molecule has 5 nitrogen and oxygen atoms in total. The molecule has 17 heavy (non-hydrogen) atoms. The van der Waals surface area contributed by atoms with Crippen molar-refractivity contribution < 1.29 is 9.32 Å². The summed E-state index contributed by atoms with van der Waals surface area (Å²) in [5.74, 6) is 0.193. The van der Waals surface area contributed by atoms with Gasteiger partial charge in [-0.25, -0.2) is 0 Å². The Morgan fingerprint density at radius 3 is 3.12 bits per heavy atom. The standard InChI is InChI=1S/C12H11N3O2/c16-12(14-11-5-6-17-15-11)9-7-13-10-4-2-1-3-8(9)10/h1-6,9,13H,7H2,(H,14,15,16). The third-order valence-corrected chi connectivity index (χ3v) is 2.84. The molecule has 0 radical (unpaired) electrons. The third-order valence-electron chi connectivity index (χ3n) is 2.84. The number of rotatable bonds is 2. The maximum absolute atomic E-state index is 12.0. The highest BCUT2D eigenvalue weighted by Gasteiger charge is 2.28. The Balaban J connectivity index is 1.80. The lowest BCUT2D eigenvalue weighted by Gasteiger charge is -2.08. The molecule has 1 atom stereocenters. The van der Waals surface area contributed by atoms with E-state index in [0.29, 0.717) is 12.4 Å². The fraction of sp³-hybridized carbons (Fsp3) is 0.167. The van der Waals surface area contributed by atoms with Crippen LogP contribution in [-0.2, 0) is 4.79 Å². The number of amides is 1. The summed E-state index contributed by atoms with van der Waals surface area (Å²) in [5.41, 5.74) is 2.04. The fourth-order valence-electron chi connectivity index (χ4n) is 2.01. The van der Waals surface area contributed by atoms with Crippen LogP contribution in [0.1, 0.15) is 11.5 Å². The molecule has 2 aromatic rings. The van der Waals surface area contributed by atoms with Gasteiger partial charge < -0.3 is 15.2 Å². The lowest BCUT2D eigenvalue weighted by molar-refractivity contribution is -0.117. The number of nitrogens with one attached hydrogen (secondary N) is 2. The molecule has 0 saturated heterocycles. The first-order chi connectivity index (χ1) is 8.34. The highest BCUT2D eigenvalue weighted by atomic mass is 16.5. The molecular formula is C12H11N3O2. The Bertz CT molecular complexity index is 536. The van der Waals surface area contributed by atoms with Crippen LogP contribution in [0.3, 0.4) is 0 Å². The van der Waals surface area contributed by atoms with Crippen LogP contribution in [0.5, 0.6) is 0 Å². The number of carbonyl (C=O) groups excluding carboxylic acids is 1. The Labute approximate surface area is 97.8 Å². The van der Waals surface area contributed by atoms with Gasteiger partial charge in [0.25, 0.3) is 0 Å². The summed E-state index contributed by atoms with van der Waals surface area (Å²) in [6.07, 6.45) is 1.43. The lowest BCUT2D eigenvalue weighted by Crippen LogP contribution is -2.22. The minimum atomic E-state index is -0.178. The van der Waals surface area contributed by atoms with Gasteiger partial charge in [0.1, 0.15) is 6.26 Å². The van der Waals surface area contributed by atoms with Gasteiger partial charge in [0.05, 0.1) is 5.92 Å². The van der Waals surface area contributed by atoms with E-state index in [1.807, 2.05) is 24.3 Å². The zero-order valence-corrected chi connectivity index (χ0v) is 9.01. The summed E-state index contributed by atoms with van der Waals surface area (Å²) in [7, 11) is 0. The van der Waals surface area contributed by atoms with Crippen LogP contribution in [0.4, 0.5) is 11.5 Å². The molecule has 2 N–H and O–H groups in total. The van der Waals surface area contributed by atoms with Gasteiger partial charge in [-0.1, -0.05) is 23.4 Å². The molecule has 1 aliphatic heterocycles. The number of carbonyl (C=O) groups is 1. The van der Waals surface area contributed by atoms with Gasteiger partial charge in [0.15, 0.2) is 5.82 Å². The van der Waals surface area contributed by atoms with E-state index < -0.39 is 0 Å². The summed E-state index contributed by atoms with van der Waals surface area (Å²) >= 11 is 0. The molecular weight excluding hydrogens is 218 g/mol. The van der Waals surface area contributed by atoms with Crippen molar-refractivity contribution in [3.05, 3.63) is 42.2 Å². The van der Waals surface area contributed by atoms with Crippen molar-refractivity contribution in [3.8, 4) is 0 Å². The van der Waals surface area contributed by atoms with Crippen LogP contribution in [0, 0.1) is 0 Å². The van der Waals surface area contributed by atoms with Crippen LogP contribution in [0.15, 0.2) is 41.1 Å². The van der Waals surface area contributed by atoms with Gasteiger partial charge in [0.2, 0.25) is 5.91 Å². The minimum absolute atomic E-state index is 0.0728. The van der Waals surface area contributed by atoms with Gasteiger partial charge in [-0.15, -0.1) is 0 Å². The largest absolute Gasteiger partial charge is 0.384 e. The molecule has 1 amide bonds. The molecule has 0 saturated carbocycles. The summed E-state index contributed by atoms with van der Waals surface area (Å²) in [5, 5.41) is 9.58. The van der Waals surface area contributed by atoms with Gasteiger partial charge >= 0.3 is 0 Å². The lowest BCUT2D eigenvalue weighted by atomic mass is 10.0. The van der Waals surface area contributed by atoms with E-state index >= 15 is 0 Å². The maximum Gasteiger partial charge on any atom is 0.235 e. The smallest absolute Gasteiger partial charge is 0.235 e. The first-order valence-corrected chi connectivity index (χ1v) is 5.38. The van der Waals surface area contributed by atoms with E-state index in [4.69, 9.17) is 0 Å². The molecule has 1 aliphatic rings. The van der Waals surface area contributed by atoms with Gasteiger partial charge in [0, 0.05) is 18.3 Å². The number of nitrogens with zero attached hydrogens (tertiary/aromatic N) is 1. The summed E-state index contributed by atoms with van der Waals surface area (Å²) in [4.78, 5) is 12.0. The SMILES string of the molecule is O=C(Nc1ccon1)C1CNc2ccccc21.